The molecule has 1 aromatic heterocycles. The molecule has 0 saturated carbocycles. The summed E-state index contributed by atoms with van der Waals surface area (Å²) in [6.07, 6.45) is 0. The van der Waals surface area contributed by atoms with Crippen molar-refractivity contribution in [3.8, 4) is 5.69 Å². The number of pyridine rings is 1. The lowest BCUT2D eigenvalue weighted by atomic mass is 10.0. The summed E-state index contributed by atoms with van der Waals surface area (Å²) >= 11 is 0. The average molecular weight is 317 g/mol. The van der Waals surface area contributed by atoms with Crippen LogP contribution >= 0.6 is 0 Å². The lowest BCUT2D eigenvalue weighted by Crippen LogP contribution is -2.26. The van der Waals surface area contributed by atoms with Crippen LogP contribution in [0.2, 0.25) is 0 Å². The van der Waals surface area contributed by atoms with Crippen molar-refractivity contribution < 1.29 is 0 Å². The van der Waals surface area contributed by atoms with E-state index in [1.165, 1.54) is 0 Å². The zero-order chi connectivity index (χ0) is 16.7. The van der Waals surface area contributed by atoms with Gasteiger partial charge in [0.15, 0.2) is 0 Å². The first-order chi connectivity index (χ1) is 11.7. The van der Waals surface area contributed by atoms with Gasteiger partial charge in [-0.05, 0) is 32.0 Å². The van der Waals surface area contributed by atoms with Crippen molar-refractivity contribution in [1.82, 2.24) is 4.57 Å². The van der Waals surface area contributed by atoms with Crippen molar-refractivity contribution in [2.24, 2.45) is 4.99 Å². The van der Waals surface area contributed by atoms with Gasteiger partial charge in [0.2, 0.25) is 0 Å². The first-order valence-electron chi connectivity index (χ1n) is 8.18. The number of aromatic nitrogens is 1. The van der Waals surface area contributed by atoms with E-state index in [2.05, 4.69) is 23.3 Å². The van der Waals surface area contributed by atoms with E-state index < -0.39 is 0 Å². The number of nitrogens with zero attached hydrogens (tertiary/aromatic N) is 2. The number of para-hydroxylation sites is 2. The standard InChI is InChI=1S/C20H19N3O/c1-13-12-21-19-16-10-6-7-11-17(16)23(15-8-4-3-5-9-15)20(24)18(19)14(2)22-13/h3-11,13,21H,12H2,1-2H3. The summed E-state index contributed by atoms with van der Waals surface area (Å²) < 4.78 is 1.78. The highest BCUT2D eigenvalue weighted by Gasteiger charge is 2.22. The second kappa shape index (κ2) is 5.64. The Kier molecular flexibility index (Phi) is 3.45. The minimum atomic E-state index is -0.0299. The third-order valence-corrected chi connectivity index (χ3v) is 4.45. The van der Waals surface area contributed by atoms with Gasteiger partial charge >= 0.3 is 0 Å². The summed E-state index contributed by atoms with van der Waals surface area (Å²) in [5.74, 6) is 0. The number of hydrogen-bond donors (Lipinski definition) is 1. The van der Waals surface area contributed by atoms with Crippen molar-refractivity contribution in [3.05, 3.63) is 70.5 Å². The van der Waals surface area contributed by atoms with Crippen LogP contribution in [0.3, 0.4) is 0 Å². The van der Waals surface area contributed by atoms with Gasteiger partial charge in [0.25, 0.3) is 5.56 Å². The molecule has 1 atom stereocenters. The maximum Gasteiger partial charge on any atom is 0.266 e. The predicted octanol–water partition coefficient (Wildman–Crippen LogP) is 3.61. The maximum atomic E-state index is 13.3. The molecule has 0 spiro atoms. The van der Waals surface area contributed by atoms with E-state index in [0.717, 1.165) is 34.5 Å². The Balaban J connectivity index is 2.17. The minimum Gasteiger partial charge on any atom is -0.382 e. The van der Waals surface area contributed by atoms with Gasteiger partial charge in [-0.1, -0.05) is 36.4 Å². The first kappa shape index (κ1) is 14.7. The molecule has 1 aliphatic heterocycles. The normalized spacial score (nSPS) is 16.9. The fraction of sp³-hybridized carbons (Fsp3) is 0.200. The zero-order valence-corrected chi connectivity index (χ0v) is 13.8. The number of anilines is 1. The topological polar surface area (TPSA) is 46.4 Å². The van der Waals surface area contributed by atoms with E-state index in [1.54, 1.807) is 4.57 Å². The van der Waals surface area contributed by atoms with Crippen LogP contribution in [0.15, 0.2) is 64.4 Å². The Hall–Kier alpha value is -2.88. The van der Waals surface area contributed by atoms with Crippen LogP contribution in [-0.4, -0.2) is 22.9 Å². The van der Waals surface area contributed by atoms with Gasteiger partial charge in [-0.15, -0.1) is 0 Å². The van der Waals surface area contributed by atoms with Gasteiger partial charge < -0.3 is 5.32 Å². The highest BCUT2D eigenvalue weighted by atomic mass is 16.1. The fourth-order valence-corrected chi connectivity index (χ4v) is 3.39. The summed E-state index contributed by atoms with van der Waals surface area (Å²) in [5, 5.41) is 4.48. The lowest BCUT2D eigenvalue weighted by Gasteiger charge is -2.17. The van der Waals surface area contributed by atoms with E-state index in [4.69, 9.17) is 0 Å². The highest BCUT2D eigenvalue weighted by Crippen LogP contribution is 2.29. The van der Waals surface area contributed by atoms with Crippen LogP contribution in [0.1, 0.15) is 19.4 Å². The Morgan fingerprint density at radius 2 is 1.79 bits per heavy atom. The third-order valence-electron chi connectivity index (χ3n) is 4.45. The largest absolute Gasteiger partial charge is 0.382 e. The number of benzene rings is 2. The van der Waals surface area contributed by atoms with Crippen LogP contribution in [0.5, 0.6) is 0 Å². The van der Waals surface area contributed by atoms with Crippen molar-refractivity contribution in [3.63, 3.8) is 0 Å². The monoisotopic (exact) mass is 317 g/mol. The Morgan fingerprint density at radius 3 is 2.58 bits per heavy atom. The second-order valence-electron chi connectivity index (χ2n) is 6.19. The van der Waals surface area contributed by atoms with E-state index >= 15 is 0 Å². The molecule has 4 rings (SSSR count). The van der Waals surface area contributed by atoms with E-state index in [-0.39, 0.29) is 11.6 Å². The molecule has 0 fully saturated rings. The number of aliphatic imine (C=N–C) groups is 1. The molecule has 1 N–H and O–H groups in total. The van der Waals surface area contributed by atoms with Crippen molar-refractivity contribution in [2.45, 2.75) is 19.9 Å². The Morgan fingerprint density at radius 1 is 1.08 bits per heavy atom. The van der Waals surface area contributed by atoms with E-state index in [1.807, 2.05) is 55.5 Å². The molecule has 4 heteroatoms. The molecule has 0 amide bonds. The summed E-state index contributed by atoms with van der Waals surface area (Å²) in [5.41, 5.74) is 4.10. The summed E-state index contributed by atoms with van der Waals surface area (Å²) in [6.45, 7) is 4.71. The molecule has 0 aliphatic carbocycles. The molecule has 0 bridgehead atoms. The van der Waals surface area contributed by atoms with Crippen LogP contribution in [0, 0.1) is 0 Å². The van der Waals surface area contributed by atoms with Crippen molar-refractivity contribution >= 4 is 22.3 Å². The van der Waals surface area contributed by atoms with Gasteiger partial charge in [0.05, 0.1) is 22.8 Å². The van der Waals surface area contributed by atoms with Crippen molar-refractivity contribution in [1.29, 1.82) is 0 Å². The van der Waals surface area contributed by atoms with Crippen molar-refractivity contribution in [2.75, 3.05) is 11.9 Å². The zero-order valence-electron chi connectivity index (χ0n) is 13.8. The average Bonchev–Trinajstić information content (AvgIpc) is 2.74. The summed E-state index contributed by atoms with van der Waals surface area (Å²) in [6, 6.07) is 17.9. The second-order valence-corrected chi connectivity index (χ2v) is 6.19. The molecule has 1 aliphatic rings. The van der Waals surface area contributed by atoms with Gasteiger partial charge in [-0.2, -0.15) is 0 Å². The molecule has 0 saturated heterocycles. The lowest BCUT2D eigenvalue weighted by molar-refractivity contribution is 0.788. The Labute approximate surface area is 140 Å². The molecule has 24 heavy (non-hydrogen) atoms. The number of fused-ring (bicyclic) bond motifs is 3. The van der Waals surface area contributed by atoms with Gasteiger partial charge in [-0.3, -0.25) is 14.4 Å². The predicted molar refractivity (Wildman–Crippen MR) is 99.7 cm³/mol. The summed E-state index contributed by atoms with van der Waals surface area (Å²) in [4.78, 5) is 18.0. The van der Waals surface area contributed by atoms with Gasteiger partial charge in [-0.25, -0.2) is 0 Å². The smallest absolute Gasteiger partial charge is 0.266 e. The quantitative estimate of drug-likeness (QED) is 0.745. The van der Waals surface area contributed by atoms with E-state index in [0.29, 0.717) is 5.56 Å². The number of nitrogens with one attached hydrogen (secondary N) is 1. The van der Waals surface area contributed by atoms with Crippen LogP contribution in [0.25, 0.3) is 16.6 Å². The molecule has 120 valence electrons. The number of rotatable bonds is 1. The minimum absolute atomic E-state index is 0.0299. The van der Waals surface area contributed by atoms with Gasteiger partial charge in [0.1, 0.15) is 0 Å². The molecule has 4 nitrogen and oxygen atoms in total. The fourth-order valence-electron chi connectivity index (χ4n) is 3.39. The van der Waals surface area contributed by atoms with Crippen LogP contribution in [-0.2, 0) is 0 Å². The molecule has 2 aromatic carbocycles. The maximum absolute atomic E-state index is 13.3. The Bertz CT molecular complexity index is 1000. The van der Waals surface area contributed by atoms with Gasteiger partial charge in [0, 0.05) is 23.3 Å². The molecular weight excluding hydrogens is 298 g/mol. The van der Waals surface area contributed by atoms with Crippen LogP contribution < -0.4 is 10.9 Å². The third kappa shape index (κ3) is 2.22. The molecule has 2 heterocycles. The summed E-state index contributed by atoms with van der Waals surface area (Å²) in [7, 11) is 0. The first-order valence-corrected chi connectivity index (χ1v) is 8.18. The highest BCUT2D eigenvalue weighted by molar-refractivity contribution is 6.10. The number of hydrogen-bond acceptors (Lipinski definition) is 3. The SMILES string of the molecule is CC1=NC(C)CNc2c1c(=O)n(-c1ccccc1)c1ccccc21. The van der Waals surface area contributed by atoms with E-state index in [9.17, 15) is 4.79 Å². The molecule has 0 radical (unpaired) electrons. The molecule has 1 unspecified atom stereocenters. The molecular formula is C20H19N3O. The van der Waals surface area contributed by atoms with Crippen LogP contribution in [0.4, 0.5) is 5.69 Å². The molecule has 3 aromatic rings.